The van der Waals surface area contributed by atoms with Gasteiger partial charge in [0.1, 0.15) is 5.78 Å². The van der Waals surface area contributed by atoms with E-state index in [1.807, 2.05) is 25.1 Å². The van der Waals surface area contributed by atoms with E-state index in [2.05, 4.69) is 5.32 Å². The zero-order valence-corrected chi connectivity index (χ0v) is 11.9. The van der Waals surface area contributed by atoms with Gasteiger partial charge in [0.05, 0.1) is 0 Å². The minimum atomic E-state index is -1.26. The van der Waals surface area contributed by atoms with Crippen LogP contribution in [0.25, 0.3) is 0 Å². The first-order valence-electron chi connectivity index (χ1n) is 6.62. The van der Waals surface area contributed by atoms with Crippen molar-refractivity contribution in [3.63, 3.8) is 0 Å². The third-order valence-corrected chi connectivity index (χ3v) is 3.48. The van der Waals surface area contributed by atoms with E-state index in [1.165, 1.54) is 13.8 Å². The molecule has 0 aromatic heterocycles. The first-order valence-corrected chi connectivity index (χ1v) is 6.62. The van der Waals surface area contributed by atoms with Gasteiger partial charge in [-0.05, 0) is 19.9 Å². The van der Waals surface area contributed by atoms with E-state index in [0.717, 1.165) is 5.69 Å². The van der Waals surface area contributed by atoms with Crippen molar-refractivity contribution < 1.29 is 14.4 Å². The number of fused-ring (bicyclic) bond motifs is 1. The van der Waals surface area contributed by atoms with Crippen molar-refractivity contribution in [3.8, 4) is 0 Å². The molecule has 1 N–H and O–H groups in total. The first kappa shape index (κ1) is 14.2. The van der Waals surface area contributed by atoms with Gasteiger partial charge in [-0.25, -0.2) is 0 Å². The normalized spacial score (nSPS) is 20.8. The van der Waals surface area contributed by atoms with Crippen LogP contribution in [-0.2, 0) is 19.9 Å². The standard InChI is InChI=1S/C15H18N2O3/c1-4-17-13-8-6-5-7-12(13)15(14(17)20,9-10(2)18)16-11(3)19/h5-8H,4,9H2,1-3H3,(H,16,19). The number of rotatable bonds is 4. The van der Waals surface area contributed by atoms with Crippen LogP contribution < -0.4 is 10.2 Å². The second kappa shape index (κ2) is 5.07. The van der Waals surface area contributed by atoms with Gasteiger partial charge in [-0.3, -0.25) is 14.4 Å². The largest absolute Gasteiger partial charge is 0.338 e. The Kier molecular flexibility index (Phi) is 3.61. The van der Waals surface area contributed by atoms with Crippen LogP contribution >= 0.6 is 0 Å². The summed E-state index contributed by atoms with van der Waals surface area (Å²) in [6, 6.07) is 7.27. The number of para-hydroxylation sites is 1. The van der Waals surface area contributed by atoms with Gasteiger partial charge >= 0.3 is 0 Å². The molecular formula is C15H18N2O3. The van der Waals surface area contributed by atoms with Gasteiger partial charge in [0.25, 0.3) is 5.91 Å². The Labute approximate surface area is 118 Å². The van der Waals surface area contributed by atoms with Crippen LogP contribution in [0.15, 0.2) is 24.3 Å². The highest BCUT2D eigenvalue weighted by Gasteiger charge is 2.51. The minimum Gasteiger partial charge on any atom is -0.338 e. The summed E-state index contributed by atoms with van der Waals surface area (Å²) in [6.07, 6.45) is -0.0288. The Balaban J connectivity index is 2.63. The van der Waals surface area contributed by atoms with Crippen LogP contribution in [0, 0.1) is 0 Å². The fourth-order valence-corrected chi connectivity index (χ4v) is 2.85. The Morgan fingerprint density at radius 3 is 2.45 bits per heavy atom. The molecule has 5 heteroatoms. The number of amides is 2. The van der Waals surface area contributed by atoms with E-state index in [9.17, 15) is 14.4 Å². The molecule has 0 saturated carbocycles. The average Bonchev–Trinajstić information content (AvgIpc) is 2.58. The topological polar surface area (TPSA) is 66.5 Å². The Morgan fingerprint density at radius 1 is 1.25 bits per heavy atom. The molecule has 5 nitrogen and oxygen atoms in total. The van der Waals surface area contributed by atoms with Crippen LogP contribution in [0.3, 0.4) is 0 Å². The van der Waals surface area contributed by atoms with Gasteiger partial charge in [0.15, 0.2) is 5.54 Å². The summed E-state index contributed by atoms with van der Waals surface area (Å²) in [6.45, 7) is 5.14. The van der Waals surface area contributed by atoms with Gasteiger partial charge in [-0.2, -0.15) is 0 Å². The number of carbonyl (C=O) groups excluding carboxylic acids is 3. The van der Waals surface area contributed by atoms with E-state index in [1.54, 1.807) is 11.0 Å². The lowest BCUT2D eigenvalue weighted by atomic mass is 9.86. The van der Waals surface area contributed by atoms with Crippen molar-refractivity contribution in [3.05, 3.63) is 29.8 Å². The summed E-state index contributed by atoms with van der Waals surface area (Å²) >= 11 is 0. The van der Waals surface area contributed by atoms with Crippen LogP contribution in [0.5, 0.6) is 0 Å². The highest BCUT2D eigenvalue weighted by molar-refractivity contribution is 6.11. The highest BCUT2D eigenvalue weighted by Crippen LogP contribution is 2.42. The van der Waals surface area contributed by atoms with Crippen LogP contribution in [0.4, 0.5) is 5.69 Å². The fraction of sp³-hybridized carbons (Fsp3) is 0.400. The number of likely N-dealkylation sites (N-methyl/N-ethyl adjacent to an activating group) is 1. The lowest BCUT2D eigenvalue weighted by molar-refractivity contribution is -0.133. The lowest BCUT2D eigenvalue weighted by Gasteiger charge is -2.28. The maximum absolute atomic E-state index is 12.7. The molecule has 1 aliphatic heterocycles. The summed E-state index contributed by atoms with van der Waals surface area (Å²) in [4.78, 5) is 37.5. The van der Waals surface area contributed by atoms with E-state index < -0.39 is 5.54 Å². The second-order valence-corrected chi connectivity index (χ2v) is 5.03. The average molecular weight is 274 g/mol. The van der Waals surface area contributed by atoms with Gasteiger partial charge in [-0.1, -0.05) is 18.2 Å². The maximum atomic E-state index is 12.7. The van der Waals surface area contributed by atoms with Crippen LogP contribution in [0.2, 0.25) is 0 Å². The summed E-state index contributed by atoms with van der Waals surface area (Å²) in [7, 11) is 0. The molecule has 1 heterocycles. The quantitative estimate of drug-likeness (QED) is 0.901. The zero-order chi connectivity index (χ0) is 14.9. The fourth-order valence-electron chi connectivity index (χ4n) is 2.85. The number of nitrogens with one attached hydrogen (secondary N) is 1. The van der Waals surface area contributed by atoms with E-state index in [4.69, 9.17) is 0 Å². The van der Waals surface area contributed by atoms with Gasteiger partial charge in [-0.15, -0.1) is 0 Å². The molecule has 2 rings (SSSR count). The molecule has 1 aliphatic rings. The summed E-state index contributed by atoms with van der Waals surface area (Å²) in [5.41, 5.74) is 0.192. The van der Waals surface area contributed by atoms with Crippen molar-refractivity contribution >= 4 is 23.3 Å². The monoisotopic (exact) mass is 274 g/mol. The molecule has 0 spiro atoms. The zero-order valence-electron chi connectivity index (χ0n) is 11.9. The van der Waals surface area contributed by atoms with Crippen LogP contribution in [0.1, 0.15) is 32.8 Å². The number of Topliss-reactive ketones (excluding diaryl/α,β-unsaturated/α-hetero) is 1. The molecule has 1 atom stereocenters. The third-order valence-electron chi connectivity index (χ3n) is 3.48. The van der Waals surface area contributed by atoms with E-state index in [-0.39, 0.29) is 24.0 Å². The molecule has 1 aromatic rings. The molecule has 1 unspecified atom stereocenters. The van der Waals surface area contributed by atoms with Gasteiger partial charge < -0.3 is 10.2 Å². The molecule has 20 heavy (non-hydrogen) atoms. The molecular weight excluding hydrogens is 256 g/mol. The van der Waals surface area contributed by atoms with Crippen molar-refractivity contribution in [2.24, 2.45) is 0 Å². The summed E-state index contributed by atoms with van der Waals surface area (Å²) < 4.78 is 0. The first-order chi connectivity index (χ1) is 9.42. The summed E-state index contributed by atoms with van der Waals surface area (Å²) in [5, 5.41) is 2.71. The van der Waals surface area contributed by atoms with Crippen molar-refractivity contribution in [2.75, 3.05) is 11.4 Å². The number of benzene rings is 1. The van der Waals surface area contributed by atoms with Crippen molar-refractivity contribution in [2.45, 2.75) is 32.7 Å². The minimum absolute atomic E-state index is 0.0288. The van der Waals surface area contributed by atoms with Gasteiger partial charge in [0.2, 0.25) is 5.91 Å². The molecule has 0 saturated heterocycles. The molecule has 106 valence electrons. The van der Waals surface area contributed by atoms with E-state index in [0.29, 0.717) is 12.1 Å². The number of ketones is 1. The predicted molar refractivity (Wildman–Crippen MR) is 75.3 cm³/mol. The number of carbonyl (C=O) groups is 3. The molecule has 0 fully saturated rings. The highest BCUT2D eigenvalue weighted by atomic mass is 16.2. The Bertz CT molecular complexity index is 564. The molecule has 0 aliphatic carbocycles. The molecule has 1 aromatic carbocycles. The number of nitrogens with zero attached hydrogens (tertiary/aromatic N) is 1. The Morgan fingerprint density at radius 2 is 1.90 bits per heavy atom. The smallest absolute Gasteiger partial charge is 0.257 e. The number of anilines is 1. The lowest BCUT2D eigenvalue weighted by Crippen LogP contribution is -2.53. The predicted octanol–water partition coefficient (Wildman–Crippen LogP) is 1.36. The Hall–Kier alpha value is -2.17. The van der Waals surface area contributed by atoms with Crippen LogP contribution in [-0.4, -0.2) is 24.1 Å². The van der Waals surface area contributed by atoms with Crippen molar-refractivity contribution in [1.82, 2.24) is 5.32 Å². The van der Waals surface area contributed by atoms with Crippen molar-refractivity contribution in [1.29, 1.82) is 0 Å². The maximum Gasteiger partial charge on any atom is 0.257 e. The molecule has 2 amide bonds. The second-order valence-electron chi connectivity index (χ2n) is 5.03. The number of hydrogen-bond acceptors (Lipinski definition) is 3. The van der Waals surface area contributed by atoms with Gasteiger partial charge in [0, 0.05) is 31.1 Å². The number of hydrogen-bond donors (Lipinski definition) is 1. The third kappa shape index (κ3) is 2.09. The molecule has 0 bridgehead atoms. The SMILES string of the molecule is CCN1C(=O)C(CC(C)=O)(NC(C)=O)c2ccccc21. The van der Waals surface area contributed by atoms with E-state index >= 15 is 0 Å². The molecule has 0 radical (unpaired) electrons. The summed E-state index contributed by atoms with van der Waals surface area (Å²) in [5.74, 6) is -0.709.